The Hall–Kier alpha value is -1.39. The van der Waals surface area contributed by atoms with Crippen molar-refractivity contribution in [1.82, 2.24) is 0 Å². The standard InChI is InChI=1S/C12H16N2O2/c1-8-3-4-10-9(7-8)11(13)12(16)14(10)5-2-6-15/h3-4,7,11,15H,2,5-6,13H2,1H3. The molecule has 4 nitrogen and oxygen atoms in total. The molecule has 1 heterocycles. The predicted molar refractivity (Wildman–Crippen MR) is 62.2 cm³/mol. The van der Waals surface area contributed by atoms with Crippen LogP contribution in [-0.2, 0) is 4.79 Å². The first-order chi connectivity index (χ1) is 7.65. The molecule has 1 aromatic rings. The molecule has 2 rings (SSSR count). The molecule has 0 spiro atoms. The Morgan fingerprint density at radius 3 is 2.94 bits per heavy atom. The third kappa shape index (κ3) is 1.70. The number of benzene rings is 1. The summed E-state index contributed by atoms with van der Waals surface area (Å²) < 4.78 is 0. The van der Waals surface area contributed by atoms with E-state index in [0.29, 0.717) is 13.0 Å². The summed E-state index contributed by atoms with van der Waals surface area (Å²) in [6, 6.07) is 5.30. The number of nitrogens with two attached hydrogens (primary N) is 1. The van der Waals surface area contributed by atoms with Crippen LogP contribution in [0.1, 0.15) is 23.6 Å². The molecule has 0 radical (unpaired) electrons. The van der Waals surface area contributed by atoms with Gasteiger partial charge in [-0.15, -0.1) is 0 Å². The Labute approximate surface area is 94.7 Å². The van der Waals surface area contributed by atoms with Gasteiger partial charge in [-0.25, -0.2) is 0 Å². The third-order valence-corrected chi connectivity index (χ3v) is 2.88. The van der Waals surface area contributed by atoms with Crippen molar-refractivity contribution in [3.63, 3.8) is 0 Å². The molecule has 1 aliphatic heterocycles. The van der Waals surface area contributed by atoms with Gasteiger partial charge in [0.1, 0.15) is 6.04 Å². The number of hydrogen-bond donors (Lipinski definition) is 2. The first kappa shape index (κ1) is 11.1. The van der Waals surface area contributed by atoms with Gasteiger partial charge >= 0.3 is 0 Å². The second kappa shape index (κ2) is 4.23. The van der Waals surface area contributed by atoms with Crippen LogP contribution in [0.4, 0.5) is 5.69 Å². The summed E-state index contributed by atoms with van der Waals surface area (Å²) in [5.74, 6) is -0.0750. The number of aryl methyl sites for hydroxylation is 1. The van der Waals surface area contributed by atoms with Gasteiger partial charge in [0.2, 0.25) is 5.91 Å². The Morgan fingerprint density at radius 2 is 2.25 bits per heavy atom. The molecular formula is C12H16N2O2. The summed E-state index contributed by atoms with van der Waals surface area (Å²) in [6.45, 7) is 2.59. The number of amides is 1. The molecule has 0 bridgehead atoms. The van der Waals surface area contributed by atoms with Gasteiger partial charge in [0.15, 0.2) is 0 Å². The van der Waals surface area contributed by atoms with E-state index in [1.165, 1.54) is 0 Å². The average molecular weight is 220 g/mol. The minimum absolute atomic E-state index is 0.0750. The van der Waals surface area contributed by atoms with Crippen molar-refractivity contribution in [2.75, 3.05) is 18.1 Å². The number of rotatable bonds is 3. The third-order valence-electron chi connectivity index (χ3n) is 2.88. The topological polar surface area (TPSA) is 66.6 Å². The smallest absolute Gasteiger partial charge is 0.248 e. The Balaban J connectivity index is 2.34. The Morgan fingerprint density at radius 1 is 1.50 bits per heavy atom. The monoisotopic (exact) mass is 220 g/mol. The second-order valence-corrected chi connectivity index (χ2v) is 4.11. The van der Waals surface area contributed by atoms with E-state index in [1.807, 2.05) is 25.1 Å². The second-order valence-electron chi connectivity index (χ2n) is 4.11. The van der Waals surface area contributed by atoms with Crippen LogP contribution >= 0.6 is 0 Å². The fourth-order valence-electron chi connectivity index (χ4n) is 2.05. The van der Waals surface area contributed by atoms with E-state index in [9.17, 15) is 4.79 Å². The summed E-state index contributed by atoms with van der Waals surface area (Å²) >= 11 is 0. The van der Waals surface area contributed by atoms with Crippen LogP contribution in [0.15, 0.2) is 18.2 Å². The van der Waals surface area contributed by atoms with Gasteiger partial charge in [-0.1, -0.05) is 17.7 Å². The Kier molecular flexibility index (Phi) is 2.94. The maximum absolute atomic E-state index is 11.9. The van der Waals surface area contributed by atoms with Crippen LogP contribution in [0.2, 0.25) is 0 Å². The van der Waals surface area contributed by atoms with Crippen molar-refractivity contribution >= 4 is 11.6 Å². The zero-order chi connectivity index (χ0) is 11.7. The predicted octanol–water partition coefficient (Wildman–Crippen LogP) is 0.724. The lowest BCUT2D eigenvalue weighted by Crippen LogP contribution is -2.32. The lowest BCUT2D eigenvalue weighted by molar-refractivity contribution is -0.119. The van der Waals surface area contributed by atoms with E-state index in [1.54, 1.807) is 4.90 Å². The first-order valence-electron chi connectivity index (χ1n) is 5.43. The van der Waals surface area contributed by atoms with Gasteiger partial charge < -0.3 is 15.7 Å². The summed E-state index contributed by atoms with van der Waals surface area (Å²) in [4.78, 5) is 13.6. The van der Waals surface area contributed by atoms with Crippen molar-refractivity contribution in [2.24, 2.45) is 5.73 Å². The van der Waals surface area contributed by atoms with Crippen molar-refractivity contribution in [1.29, 1.82) is 0 Å². The van der Waals surface area contributed by atoms with Gasteiger partial charge in [-0.3, -0.25) is 4.79 Å². The minimum Gasteiger partial charge on any atom is -0.396 e. The van der Waals surface area contributed by atoms with Crippen molar-refractivity contribution in [3.8, 4) is 0 Å². The van der Waals surface area contributed by atoms with E-state index in [4.69, 9.17) is 10.8 Å². The van der Waals surface area contributed by atoms with Crippen LogP contribution in [0.3, 0.4) is 0 Å². The molecule has 3 N–H and O–H groups in total. The summed E-state index contributed by atoms with van der Waals surface area (Å²) in [5.41, 5.74) is 8.75. The molecular weight excluding hydrogens is 204 g/mol. The first-order valence-corrected chi connectivity index (χ1v) is 5.43. The van der Waals surface area contributed by atoms with Gasteiger partial charge in [0.25, 0.3) is 0 Å². The molecule has 0 saturated carbocycles. The molecule has 1 aliphatic rings. The highest BCUT2D eigenvalue weighted by Gasteiger charge is 2.34. The SMILES string of the molecule is Cc1ccc2c(c1)C(N)C(=O)N2CCCO. The van der Waals surface area contributed by atoms with E-state index in [-0.39, 0.29) is 12.5 Å². The lowest BCUT2D eigenvalue weighted by Gasteiger charge is -2.16. The fraction of sp³-hybridized carbons (Fsp3) is 0.417. The van der Waals surface area contributed by atoms with Crippen molar-refractivity contribution in [3.05, 3.63) is 29.3 Å². The molecule has 1 aromatic carbocycles. The number of nitrogens with zero attached hydrogens (tertiary/aromatic N) is 1. The highest BCUT2D eigenvalue weighted by Crippen LogP contribution is 2.34. The van der Waals surface area contributed by atoms with E-state index >= 15 is 0 Å². The summed E-state index contributed by atoms with van der Waals surface area (Å²) in [5, 5.41) is 8.80. The van der Waals surface area contributed by atoms with Gasteiger partial charge in [-0.05, 0) is 19.4 Å². The molecule has 1 amide bonds. The van der Waals surface area contributed by atoms with E-state index in [2.05, 4.69) is 0 Å². The molecule has 1 atom stereocenters. The highest BCUT2D eigenvalue weighted by molar-refractivity contribution is 6.04. The van der Waals surface area contributed by atoms with Gasteiger partial charge in [-0.2, -0.15) is 0 Å². The largest absolute Gasteiger partial charge is 0.396 e. The van der Waals surface area contributed by atoms with Crippen LogP contribution in [0.5, 0.6) is 0 Å². The Bertz CT molecular complexity index is 417. The lowest BCUT2D eigenvalue weighted by atomic mass is 10.1. The summed E-state index contributed by atoms with van der Waals surface area (Å²) in [7, 11) is 0. The number of hydrogen-bond acceptors (Lipinski definition) is 3. The maximum atomic E-state index is 11.9. The zero-order valence-electron chi connectivity index (χ0n) is 9.31. The highest BCUT2D eigenvalue weighted by atomic mass is 16.3. The van der Waals surface area contributed by atoms with E-state index < -0.39 is 6.04 Å². The van der Waals surface area contributed by atoms with E-state index in [0.717, 1.165) is 16.8 Å². The number of carbonyl (C=O) groups is 1. The van der Waals surface area contributed by atoms with Crippen LogP contribution < -0.4 is 10.6 Å². The van der Waals surface area contributed by atoms with Gasteiger partial charge in [0, 0.05) is 24.4 Å². The van der Waals surface area contributed by atoms with Crippen LogP contribution in [0, 0.1) is 6.92 Å². The van der Waals surface area contributed by atoms with Crippen molar-refractivity contribution in [2.45, 2.75) is 19.4 Å². The number of anilines is 1. The molecule has 4 heteroatoms. The molecule has 0 aromatic heterocycles. The zero-order valence-corrected chi connectivity index (χ0v) is 9.31. The van der Waals surface area contributed by atoms with Gasteiger partial charge in [0.05, 0.1) is 0 Å². The normalized spacial score (nSPS) is 19.1. The minimum atomic E-state index is -0.548. The maximum Gasteiger partial charge on any atom is 0.248 e. The molecule has 16 heavy (non-hydrogen) atoms. The molecule has 0 fully saturated rings. The molecule has 86 valence electrons. The average Bonchev–Trinajstić information content (AvgIpc) is 2.50. The quantitative estimate of drug-likeness (QED) is 0.789. The van der Waals surface area contributed by atoms with Crippen LogP contribution in [-0.4, -0.2) is 24.2 Å². The molecule has 0 aliphatic carbocycles. The molecule has 0 saturated heterocycles. The number of aliphatic hydroxyl groups excluding tert-OH is 1. The fourth-order valence-corrected chi connectivity index (χ4v) is 2.05. The van der Waals surface area contributed by atoms with Crippen LogP contribution in [0.25, 0.3) is 0 Å². The summed E-state index contributed by atoms with van der Waals surface area (Å²) in [6.07, 6.45) is 0.575. The molecule has 1 unspecified atom stereocenters. The number of aliphatic hydroxyl groups is 1. The number of fused-ring (bicyclic) bond motifs is 1. The van der Waals surface area contributed by atoms with Crippen molar-refractivity contribution < 1.29 is 9.90 Å². The number of carbonyl (C=O) groups excluding carboxylic acids is 1.